The van der Waals surface area contributed by atoms with E-state index in [9.17, 15) is 4.79 Å². The molecule has 0 aliphatic carbocycles. The van der Waals surface area contributed by atoms with Gasteiger partial charge in [0.05, 0.1) is 13.7 Å². The van der Waals surface area contributed by atoms with Crippen LogP contribution in [0.4, 0.5) is 0 Å². The number of furan rings is 1. The summed E-state index contributed by atoms with van der Waals surface area (Å²) in [5.41, 5.74) is 0.440. The molecule has 0 amide bonds. The molecule has 130 valence electrons. The third-order valence-electron chi connectivity index (χ3n) is 3.34. The van der Waals surface area contributed by atoms with Gasteiger partial charge in [0, 0.05) is 16.3 Å². The number of aryl methyl sites for hydroxylation is 2. The van der Waals surface area contributed by atoms with Gasteiger partial charge in [-0.05, 0) is 39.0 Å². The highest BCUT2D eigenvalue weighted by molar-refractivity contribution is 7.11. The lowest BCUT2D eigenvalue weighted by molar-refractivity contribution is 0.0599. The molecule has 0 aliphatic rings. The molecule has 7 heteroatoms. The number of nitrogens with one attached hydrogen (secondary N) is 2. The molecule has 0 saturated heterocycles. The average Bonchev–Trinajstić information content (AvgIpc) is 3.15. The number of hydrogen-bond donors (Lipinski definition) is 2. The zero-order valence-corrected chi connectivity index (χ0v) is 15.3. The van der Waals surface area contributed by atoms with E-state index in [2.05, 4.69) is 34.7 Å². The normalized spacial score (nSPS) is 11.4. The van der Waals surface area contributed by atoms with Crippen molar-refractivity contribution in [2.24, 2.45) is 4.99 Å². The van der Waals surface area contributed by atoms with Crippen LogP contribution in [0.3, 0.4) is 0 Å². The first-order valence-corrected chi connectivity index (χ1v) is 8.60. The van der Waals surface area contributed by atoms with Crippen molar-refractivity contribution >= 4 is 23.3 Å². The fourth-order valence-electron chi connectivity index (χ4n) is 2.18. The first-order chi connectivity index (χ1) is 11.5. The molecule has 0 aromatic carbocycles. The Morgan fingerprint density at radius 3 is 2.75 bits per heavy atom. The summed E-state index contributed by atoms with van der Waals surface area (Å²) in [6.45, 7) is 7.66. The maximum absolute atomic E-state index is 11.6. The van der Waals surface area contributed by atoms with Crippen LogP contribution in [0.2, 0.25) is 0 Å². The molecule has 0 saturated carbocycles. The SMILES string of the molecule is CCNC(=NCc1cc(C(=O)OC)c(C)o1)NCc1ccc(C)s1. The number of aliphatic imine (C=N–C) groups is 1. The van der Waals surface area contributed by atoms with Gasteiger partial charge in [0.15, 0.2) is 5.96 Å². The van der Waals surface area contributed by atoms with Gasteiger partial charge in [0.25, 0.3) is 0 Å². The molecule has 24 heavy (non-hydrogen) atoms. The Bertz CT molecular complexity index is 718. The lowest BCUT2D eigenvalue weighted by atomic mass is 10.2. The van der Waals surface area contributed by atoms with Crippen LogP contribution in [0.15, 0.2) is 27.6 Å². The van der Waals surface area contributed by atoms with Crippen LogP contribution < -0.4 is 10.6 Å². The van der Waals surface area contributed by atoms with Crippen LogP contribution in [-0.4, -0.2) is 25.6 Å². The van der Waals surface area contributed by atoms with Crippen LogP contribution in [0.5, 0.6) is 0 Å². The second kappa shape index (κ2) is 8.54. The largest absolute Gasteiger partial charge is 0.465 e. The second-order valence-electron chi connectivity index (χ2n) is 5.24. The second-order valence-corrected chi connectivity index (χ2v) is 6.61. The average molecular weight is 349 g/mol. The van der Waals surface area contributed by atoms with Crippen LogP contribution in [0.25, 0.3) is 0 Å². The van der Waals surface area contributed by atoms with Gasteiger partial charge in [-0.2, -0.15) is 0 Å². The maximum Gasteiger partial charge on any atom is 0.341 e. The summed E-state index contributed by atoms with van der Waals surface area (Å²) >= 11 is 1.76. The van der Waals surface area contributed by atoms with E-state index >= 15 is 0 Å². The molecule has 0 unspecified atom stereocenters. The molecular formula is C17H23N3O3S. The van der Waals surface area contributed by atoms with E-state index < -0.39 is 5.97 Å². The molecule has 0 spiro atoms. The Morgan fingerprint density at radius 2 is 2.12 bits per heavy atom. The van der Waals surface area contributed by atoms with E-state index in [0.717, 1.165) is 13.1 Å². The lowest BCUT2D eigenvalue weighted by Gasteiger charge is -2.09. The summed E-state index contributed by atoms with van der Waals surface area (Å²) in [4.78, 5) is 18.6. The van der Waals surface area contributed by atoms with E-state index in [0.29, 0.717) is 29.6 Å². The van der Waals surface area contributed by atoms with Gasteiger partial charge in [-0.3, -0.25) is 0 Å². The molecule has 0 radical (unpaired) electrons. The third kappa shape index (κ3) is 4.86. The van der Waals surface area contributed by atoms with Crippen molar-refractivity contribution in [3.05, 3.63) is 45.0 Å². The van der Waals surface area contributed by atoms with E-state index in [-0.39, 0.29) is 0 Å². The molecule has 2 heterocycles. The number of carbonyl (C=O) groups is 1. The molecule has 2 N–H and O–H groups in total. The predicted octanol–water partition coefficient (Wildman–Crippen LogP) is 3.00. The summed E-state index contributed by atoms with van der Waals surface area (Å²) < 4.78 is 10.3. The Kier molecular flexibility index (Phi) is 6.43. The van der Waals surface area contributed by atoms with Crippen molar-refractivity contribution in [2.75, 3.05) is 13.7 Å². The van der Waals surface area contributed by atoms with Crippen LogP contribution in [0, 0.1) is 13.8 Å². The Labute approximate surface area is 145 Å². The summed E-state index contributed by atoms with van der Waals surface area (Å²) in [7, 11) is 1.35. The summed E-state index contributed by atoms with van der Waals surface area (Å²) in [6, 6.07) is 5.89. The van der Waals surface area contributed by atoms with Crippen molar-refractivity contribution in [3.8, 4) is 0 Å². The smallest absolute Gasteiger partial charge is 0.341 e. The minimum Gasteiger partial charge on any atom is -0.465 e. The van der Waals surface area contributed by atoms with Gasteiger partial charge in [0.2, 0.25) is 0 Å². The number of guanidine groups is 1. The van der Waals surface area contributed by atoms with Crippen LogP contribution >= 0.6 is 11.3 Å². The van der Waals surface area contributed by atoms with Crippen LogP contribution in [-0.2, 0) is 17.8 Å². The quantitative estimate of drug-likeness (QED) is 0.476. The molecule has 0 fully saturated rings. The van der Waals surface area contributed by atoms with Crippen molar-refractivity contribution in [1.82, 2.24) is 10.6 Å². The molecule has 2 rings (SSSR count). The Morgan fingerprint density at radius 1 is 1.33 bits per heavy atom. The highest BCUT2D eigenvalue weighted by Gasteiger charge is 2.15. The van der Waals surface area contributed by atoms with Gasteiger partial charge in [-0.1, -0.05) is 0 Å². The number of nitrogens with zero attached hydrogens (tertiary/aromatic N) is 1. The van der Waals surface area contributed by atoms with Crippen molar-refractivity contribution in [1.29, 1.82) is 0 Å². The predicted molar refractivity (Wildman–Crippen MR) is 95.5 cm³/mol. The van der Waals surface area contributed by atoms with Gasteiger partial charge in [-0.15, -0.1) is 11.3 Å². The molecule has 2 aromatic heterocycles. The van der Waals surface area contributed by atoms with Crippen LogP contribution in [0.1, 0.15) is 38.6 Å². The third-order valence-corrected chi connectivity index (χ3v) is 4.34. The molecule has 2 aromatic rings. The molecule has 0 aliphatic heterocycles. The molecule has 0 atom stereocenters. The number of thiophene rings is 1. The lowest BCUT2D eigenvalue weighted by Crippen LogP contribution is -2.36. The number of esters is 1. The standard InChI is InChI=1S/C17H23N3O3S/c1-5-18-17(20-10-14-7-6-11(2)24-14)19-9-13-8-15(12(3)23-13)16(21)22-4/h6-8H,5,9-10H2,1-4H3,(H2,18,19,20). The van der Waals surface area contributed by atoms with Crippen molar-refractivity contribution in [3.63, 3.8) is 0 Å². The molecule has 6 nitrogen and oxygen atoms in total. The minimum atomic E-state index is -0.399. The van der Waals surface area contributed by atoms with Crippen molar-refractivity contribution in [2.45, 2.75) is 33.9 Å². The zero-order chi connectivity index (χ0) is 17.5. The highest BCUT2D eigenvalue weighted by atomic mass is 32.1. The maximum atomic E-state index is 11.6. The van der Waals surface area contributed by atoms with E-state index in [1.807, 2.05) is 6.92 Å². The van der Waals surface area contributed by atoms with E-state index in [1.54, 1.807) is 24.3 Å². The Balaban J connectivity index is 2.01. The molecule has 0 bridgehead atoms. The molecular weight excluding hydrogens is 326 g/mol. The topological polar surface area (TPSA) is 75.9 Å². The van der Waals surface area contributed by atoms with Crippen molar-refractivity contribution < 1.29 is 13.9 Å². The number of carbonyl (C=O) groups excluding carboxylic acids is 1. The number of hydrogen-bond acceptors (Lipinski definition) is 5. The van der Waals surface area contributed by atoms with Gasteiger partial charge >= 0.3 is 5.97 Å². The number of ether oxygens (including phenoxy) is 1. The fourth-order valence-corrected chi connectivity index (χ4v) is 3.01. The summed E-state index contributed by atoms with van der Waals surface area (Å²) in [5.74, 6) is 1.47. The first kappa shape index (κ1) is 18.1. The van der Waals surface area contributed by atoms with Gasteiger partial charge < -0.3 is 19.8 Å². The number of rotatable bonds is 6. The van der Waals surface area contributed by atoms with E-state index in [4.69, 9.17) is 9.15 Å². The first-order valence-electron chi connectivity index (χ1n) is 7.78. The number of methoxy groups -OCH3 is 1. The fraction of sp³-hybridized carbons (Fsp3) is 0.412. The Hall–Kier alpha value is -2.28. The summed E-state index contributed by atoms with van der Waals surface area (Å²) in [5, 5.41) is 6.49. The monoisotopic (exact) mass is 349 g/mol. The highest BCUT2D eigenvalue weighted by Crippen LogP contribution is 2.17. The summed E-state index contributed by atoms with van der Waals surface area (Å²) in [6.07, 6.45) is 0. The van der Waals surface area contributed by atoms with Gasteiger partial charge in [-0.25, -0.2) is 9.79 Å². The zero-order valence-electron chi connectivity index (χ0n) is 14.4. The van der Waals surface area contributed by atoms with E-state index in [1.165, 1.54) is 16.9 Å². The minimum absolute atomic E-state index is 0.344. The van der Waals surface area contributed by atoms with Gasteiger partial charge in [0.1, 0.15) is 23.6 Å².